The minimum atomic E-state index is -0.472. The maximum Gasteiger partial charge on any atom is 0.407 e. The lowest BCUT2D eigenvalue weighted by Crippen LogP contribution is -2.46. The first kappa shape index (κ1) is 19.1. The first-order valence-corrected chi connectivity index (χ1v) is 11.0. The summed E-state index contributed by atoms with van der Waals surface area (Å²) in [6.07, 6.45) is 8.37. The summed E-state index contributed by atoms with van der Waals surface area (Å²) >= 11 is 0. The van der Waals surface area contributed by atoms with Crippen molar-refractivity contribution in [1.82, 2.24) is 10.2 Å². The van der Waals surface area contributed by atoms with E-state index in [0.29, 0.717) is 24.3 Å². The van der Waals surface area contributed by atoms with Crippen molar-refractivity contribution in [3.05, 3.63) is 0 Å². The van der Waals surface area contributed by atoms with Gasteiger partial charge in [0.25, 0.3) is 0 Å². The fraction of sp³-hybridized carbons (Fsp3) is 0.909. The quantitative estimate of drug-likeness (QED) is 0.811. The molecule has 1 aliphatic heterocycles. The zero-order valence-corrected chi connectivity index (χ0v) is 17.2. The number of amides is 2. The Balaban J connectivity index is 1.22. The summed E-state index contributed by atoms with van der Waals surface area (Å²) in [7, 11) is 0. The average molecular weight is 377 g/mol. The molecule has 5 fully saturated rings. The summed E-state index contributed by atoms with van der Waals surface area (Å²) in [5, 5.41) is 2.86. The second-order valence-electron chi connectivity index (χ2n) is 10.7. The molecule has 1 saturated heterocycles. The third-order valence-electron chi connectivity index (χ3n) is 7.40. The van der Waals surface area contributed by atoms with E-state index < -0.39 is 5.60 Å². The Morgan fingerprint density at radius 2 is 1.67 bits per heavy atom. The smallest absolute Gasteiger partial charge is 0.407 e. The average Bonchev–Trinajstić information content (AvgIpc) is 3.03. The van der Waals surface area contributed by atoms with Gasteiger partial charge in [-0.3, -0.25) is 4.79 Å². The van der Waals surface area contributed by atoms with E-state index in [2.05, 4.69) is 5.32 Å². The Hall–Kier alpha value is -1.26. The monoisotopic (exact) mass is 376 g/mol. The number of ether oxygens (including phenoxy) is 1. The van der Waals surface area contributed by atoms with Crippen LogP contribution in [0.1, 0.15) is 65.7 Å². The Morgan fingerprint density at radius 1 is 1.04 bits per heavy atom. The molecule has 152 valence electrons. The Morgan fingerprint density at radius 3 is 2.26 bits per heavy atom. The summed E-state index contributed by atoms with van der Waals surface area (Å²) in [4.78, 5) is 26.8. The van der Waals surface area contributed by atoms with E-state index in [1.165, 1.54) is 32.1 Å². The molecule has 5 rings (SSSR count). The molecule has 1 heterocycles. The van der Waals surface area contributed by atoms with E-state index in [0.717, 1.165) is 49.6 Å². The van der Waals surface area contributed by atoms with Gasteiger partial charge in [0, 0.05) is 26.1 Å². The minimum Gasteiger partial charge on any atom is -0.444 e. The van der Waals surface area contributed by atoms with Crippen molar-refractivity contribution in [2.45, 2.75) is 71.3 Å². The van der Waals surface area contributed by atoms with Crippen LogP contribution in [0.15, 0.2) is 0 Å². The molecule has 1 atom stereocenters. The maximum atomic E-state index is 12.9. The van der Waals surface area contributed by atoms with Gasteiger partial charge in [0.2, 0.25) is 5.91 Å². The molecule has 0 unspecified atom stereocenters. The number of nitrogens with zero attached hydrogens (tertiary/aromatic N) is 1. The Kier molecular flexibility index (Phi) is 5.15. The zero-order chi connectivity index (χ0) is 19.2. The number of alkyl carbamates (subject to hydrolysis) is 1. The van der Waals surface area contributed by atoms with E-state index >= 15 is 0 Å². The molecule has 4 saturated carbocycles. The number of carbonyl (C=O) groups is 2. The molecule has 0 radical (unpaired) electrons. The van der Waals surface area contributed by atoms with Gasteiger partial charge in [0.15, 0.2) is 0 Å². The number of nitrogens with one attached hydrogen (secondary N) is 1. The highest BCUT2D eigenvalue weighted by Crippen LogP contribution is 2.57. The van der Waals surface area contributed by atoms with Crippen molar-refractivity contribution in [1.29, 1.82) is 0 Å². The minimum absolute atomic E-state index is 0.347. The van der Waals surface area contributed by atoms with E-state index in [1.807, 2.05) is 25.7 Å². The molecule has 1 N–H and O–H groups in total. The van der Waals surface area contributed by atoms with Crippen LogP contribution in [0.2, 0.25) is 0 Å². The van der Waals surface area contributed by atoms with Gasteiger partial charge in [-0.05, 0) is 94.8 Å². The molecule has 0 spiro atoms. The van der Waals surface area contributed by atoms with Crippen LogP contribution in [0.4, 0.5) is 4.79 Å². The fourth-order valence-electron chi connectivity index (χ4n) is 6.47. The second-order valence-corrected chi connectivity index (χ2v) is 10.7. The number of hydrogen-bond acceptors (Lipinski definition) is 3. The third kappa shape index (κ3) is 4.43. The van der Waals surface area contributed by atoms with Gasteiger partial charge in [-0.2, -0.15) is 0 Å². The molecular formula is C22H36N2O3. The lowest BCUT2D eigenvalue weighted by atomic mass is 9.51. The van der Waals surface area contributed by atoms with Gasteiger partial charge in [-0.25, -0.2) is 4.79 Å². The number of hydrogen-bond donors (Lipinski definition) is 1. The van der Waals surface area contributed by atoms with Crippen molar-refractivity contribution in [3.8, 4) is 0 Å². The highest BCUT2D eigenvalue weighted by atomic mass is 16.6. The Labute approximate surface area is 163 Å². The van der Waals surface area contributed by atoms with Gasteiger partial charge in [-0.1, -0.05) is 0 Å². The highest BCUT2D eigenvalue weighted by Gasteiger charge is 2.48. The molecule has 5 nitrogen and oxygen atoms in total. The molecule has 0 aromatic heterocycles. The lowest BCUT2D eigenvalue weighted by Gasteiger charge is -2.54. The van der Waals surface area contributed by atoms with Crippen molar-refractivity contribution in [3.63, 3.8) is 0 Å². The fourth-order valence-corrected chi connectivity index (χ4v) is 6.47. The Bertz CT molecular complexity index is 555. The SMILES string of the molecule is CC(C)(C)OC(=O)NC[C@@H]1CCN(C(=O)CC2C3CC4CC(C3)CC2C4)C1. The highest BCUT2D eigenvalue weighted by molar-refractivity contribution is 5.77. The number of carbonyl (C=O) groups excluding carboxylic acids is 2. The molecule has 27 heavy (non-hydrogen) atoms. The first-order valence-electron chi connectivity index (χ1n) is 11.0. The van der Waals surface area contributed by atoms with Crippen LogP contribution in [-0.4, -0.2) is 42.1 Å². The normalized spacial score (nSPS) is 37.5. The predicted molar refractivity (Wildman–Crippen MR) is 104 cm³/mol. The molecule has 2 amide bonds. The zero-order valence-electron chi connectivity index (χ0n) is 17.2. The van der Waals surface area contributed by atoms with Crippen molar-refractivity contribution in [2.75, 3.05) is 19.6 Å². The van der Waals surface area contributed by atoms with Crippen molar-refractivity contribution in [2.24, 2.45) is 35.5 Å². The topological polar surface area (TPSA) is 58.6 Å². The molecule has 0 aromatic carbocycles. The van der Waals surface area contributed by atoms with Crippen LogP contribution in [0.3, 0.4) is 0 Å². The van der Waals surface area contributed by atoms with Crippen LogP contribution in [0.25, 0.3) is 0 Å². The largest absolute Gasteiger partial charge is 0.444 e. The van der Waals surface area contributed by atoms with Gasteiger partial charge in [0.1, 0.15) is 5.60 Å². The maximum absolute atomic E-state index is 12.9. The van der Waals surface area contributed by atoms with Crippen LogP contribution in [0.5, 0.6) is 0 Å². The first-order chi connectivity index (χ1) is 12.8. The third-order valence-corrected chi connectivity index (χ3v) is 7.40. The van der Waals surface area contributed by atoms with E-state index in [1.54, 1.807) is 0 Å². The van der Waals surface area contributed by atoms with Gasteiger partial charge in [0.05, 0.1) is 0 Å². The standard InChI is InChI=1S/C22H36N2O3/c1-22(2,3)27-21(26)23-12-14-4-5-24(13-14)20(25)11-19-17-7-15-6-16(9-17)10-18(19)8-15/h14-19H,4-13H2,1-3H3,(H,23,26)/t14-,15?,16?,17?,18?,19?/m0/s1. The van der Waals surface area contributed by atoms with Gasteiger partial charge >= 0.3 is 6.09 Å². The van der Waals surface area contributed by atoms with Gasteiger partial charge in [-0.15, -0.1) is 0 Å². The summed E-state index contributed by atoms with van der Waals surface area (Å²) in [6, 6.07) is 0. The van der Waals surface area contributed by atoms with Crippen LogP contribution < -0.4 is 5.32 Å². The summed E-state index contributed by atoms with van der Waals surface area (Å²) in [6.45, 7) is 7.82. The van der Waals surface area contributed by atoms with Crippen molar-refractivity contribution < 1.29 is 14.3 Å². The van der Waals surface area contributed by atoms with Crippen molar-refractivity contribution >= 4 is 12.0 Å². The van der Waals surface area contributed by atoms with Crippen LogP contribution in [-0.2, 0) is 9.53 Å². The number of rotatable bonds is 4. The molecule has 0 aromatic rings. The molecule has 4 aliphatic carbocycles. The summed E-state index contributed by atoms with van der Waals surface area (Å²) < 4.78 is 5.30. The lowest BCUT2D eigenvalue weighted by molar-refractivity contribution is -0.135. The number of likely N-dealkylation sites (tertiary alicyclic amines) is 1. The summed E-state index contributed by atoms with van der Waals surface area (Å²) in [5.41, 5.74) is -0.472. The van der Waals surface area contributed by atoms with Crippen LogP contribution >= 0.6 is 0 Å². The molecule has 5 heteroatoms. The van der Waals surface area contributed by atoms with E-state index in [-0.39, 0.29) is 6.09 Å². The molecular weight excluding hydrogens is 340 g/mol. The predicted octanol–water partition coefficient (Wildman–Crippen LogP) is 3.82. The second kappa shape index (κ2) is 7.29. The summed E-state index contributed by atoms with van der Waals surface area (Å²) in [5.74, 6) is 4.91. The van der Waals surface area contributed by atoms with Gasteiger partial charge < -0.3 is 15.0 Å². The van der Waals surface area contributed by atoms with Crippen LogP contribution in [0, 0.1) is 35.5 Å². The molecule has 4 bridgehead atoms. The van der Waals surface area contributed by atoms with E-state index in [9.17, 15) is 9.59 Å². The molecule has 5 aliphatic rings. The van der Waals surface area contributed by atoms with E-state index in [4.69, 9.17) is 4.74 Å².